The first-order valence-electron chi connectivity index (χ1n) is 11.1. The zero-order valence-electron chi connectivity index (χ0n) is 18.7. The Hall–Kier alpha value is -3.06. The molecule has 11 nitrogen and oxygen atoms in total. The highest BCUT2D eigenvalue weighted by atomic mass is 32.2. The number of pyridine rings is 1. The highest BCUT2D eigenvalue weighted by Crippen LogP contribution is 2.28. The van der Waals surface area contributed by atoms with E-state index in [2.05, 4.69) is 15.4 Å². The first kappa shape index (κ1) is 22.7. The first-order chi connectivity index (χ1) is 16.3. The molecule has 0 saturated carbocycles. The van der Waals surface area contributed by atoms with Crippen molar-refractivity contribution in [1.82, 2.24) is 19.1 Å². The summed E-state index contributed by atoms with van der Waals surface area (Å²) >= 11 is 0. The molecule has 0 bridgehead atoms. The average Bonchev–Trinajstić information content (AvgIpc) is 3.19. The van der Waals surface area contributed by atoms with Crippen LogP contribution in [-0.2, 0) is 19.5 Å². The van der Waals surface area contributed by atoms with Gasteiger partial charge in [0.25, 0.3) is 5.56 Å². The van der Waals surface area contributed by atoms with E-state index in [0.717, 1.165) is 0 Å². The largest absolute Gasteiger partial charge is 0.378 e. The molecule has 2 saturated heterocycles. The van der Waals surface area contributed by atoms with E-state index in [0.29, 0.717) is 67.5 Å². The van der Waals surface area contributed by atoms with Crippen LogP contribution in [0.15, 0.2) is 46.2 Å². The number of hydrogen-bond donors (Lipinski definition) is 3. The molecule has 180 valence electrons. The Balaban J connectivity index is 1.45. The van der Waals surface area contributed by atoms with Crippen LogP contribution < -0.4 is 10.9 Å². The lowest BCUT2D eigenvalue weighted by Crippen LogP contribution is -2.44. The van der Waals surface area contributed by atoms with Crippen molar-refractivity contribution >= 4 is 38.1 Å². The molecule has 2 atom stereocenters. The number of H-pyrrole nitrogens is 1. The number of sulfonamides is 1. The van der Waals surface area contributed by atoms with Crippen molar-refractivity contribution in [2.45, 2.75) is 30.4 Å². The molecule has 1 unspecified atom stereocenters. The number of rotatable bonds is 5. The summed E-state index contributed by atoms with van der Waals surface area (Å²) in [5.41, 5.74) is 1.36. The van der Waals surface area contributed by atoms with Crippen molar-refractivity contribution in [1.29, 1.82) is 5.41 Å². The van der Waals surface area contributed by atoms with E-state index in [-0.39, 0.29) is 16.6 Å². The summed E-state index contributed by atoms with van der Waals surface area (Å²) in [6.45, 7) is 3.66. The van der Waals surface area contributed by atoms with Gasteiger partial charge >= 0.3 is 0 Å². The predicted octanol–water partition coefficient (Wildman–Crippen LogP) is 1.86. The van der Waals surface area contributed by atoms with Crippen LogP contribution in [0.1, 0.15) is 19.4 Å². The van der Waals surface area contributed by atoms with Crippen LogP contribution in [0.25, 0.3) is 10.9 Å². The molecule has 5 rings (SSSR count). The fourth-order valence-corrected chi connectivity index (χ4v) is 5.79. The van der Waals surface area contributed by atoms with E-state index < -0.39 is 16.1 Å². The fourth-order valence-electron chi connectivity index (χ4n) is 4.29. The lowest BCUT2D eigenvalue weighted by Gasteiger charge is -2.30. The number of anilines is 2. The molecular weight excluding hydrogens is 460 g/mol. The second kappa shape index (κ2) is 8.95. The number of aromatic nitrogens is 3. The molecular formula is C22H26N6O5S. The van der Waals surface area contributed by atoms with Gasteiger partial charge in [0.05, 0.1) is 36.3 Å². The molecule has 2 aromatic heterocycles. The number of hydrogen-bond acceptors (Lipinski definition) is 8. The molecule has 4 heterocycles. The zero-order chi connectivity index (χ0) is 23.9. The molecule has 0 spiro atoms. The van der Waals surface area contributed by atoms with E-state index in [1.165, 1.54) is 16.4 Å². The van der Waals surface area contributed by atoms with Crippen molar-refractivity contribution in [2.24, 2.45) is 0 Å². The summed E-state index contributed by atoms with van der Waals surface area (Å²) in [5, 5.41) is 16.4. The van der Waals surface area contributed by atoms with Crippen LogP contribution >= 0.6 is 0 Å². The predicted molar refractivity (Wildman–Crippen MR) is 126 cm³/mol. The Kier molecular flexibility index (Phi) is 5.98. The summed E-state index contributed by atoms with van der Waals surface area (Å²) in [6.07, 6.45) is 1.91. The van der Waals surface area contributed by atoms with Gasteiger partial charge in [0.1, 0.15) is 11.4 Å². The summed E-state index contributed by atoms with van der Waals surface area (Å²) in [5.74, 6) is 0.327. The second-order valence-electron chi connectivity index (χ2n) is 8.42. The summed E-state index contributed by atoms with van der Waals surface area (Å²) in [6, 6.07) is 7.71. The van der Waals surface area contributed by atoms with Crippen LogP contribution in [0.2, 0.25) is 0 Å². The van der Waals surface area contributed by atoms with Crippen LogP contribution in [0.5, 0.6) is 0 Å². The smallest absolute Gasteiger partial charge is 0.261 e. The highest BCUT2D eigenvalue weighted by Gasteiger charge is 2.29. The molecule has 2 fully saturated rings. The first-order valence-corrected chi connectivity index (χ1v) is 12.5. The number of fused-ring (bicyclic) bond motifs is 1. The Labute approximate surface area is 196 Å². The average molecular weight is 487 g/mol. The summed E-state index contributed by atoms with van der Waals surface area (Å²) in [4.78, 5) is 15.5. The molecule has 0 aliphatic carbocycles. The fraction of sp³-hybridized carbons (Fsp3) is 0.409. The molecule has 3 aromatic rings. The van der Waals surface area contributed by atoms with Gasteiger partial charge in [0.2, 0.25) is 10.0 Å². The molecule has 2 aliphatic rings. The van der Waals surface area contributed by atoms with Gasteiger partial charge in [0, 0.05) is 37.1 Å². The number of morpholine rings is 1. The second-order valence-corrected chi connectivity index (χ2v) is 10.4. The minimum Gasteiger partial charge on any atom is -0.378 e. The van der Waals surface area contributed by atoms with E-state index in [1.807, 2.05) is 6.92 Å². The summed E-state index contributed by atoms with van der Waals surface area (Å²) in [7, 11) is -3.63. The third-order valence-electron chi connectivity index (χ3n) is 6.08. The van der Waals surface area contributed by atoms with Crippen molar-refractivity contribution in [3.63, 3.8) is 0 Å². The maximum absolute atomic E-state index is 13.0. The molecule has 0 radical (unpaired) electrons. The van der Waals surface area contributed by atoms with E-state index in [9.17, 15) is 13.2 Å². The number of ether oxygens (including phenoxy) is 2. The number of nitrogens with zero attached hydrogens (tertiary/aromatic N) is 3. The minimum absolute atomic E-state index is 0.151. The van der Waals surface area contributed by atoms with Gasteiger partial charge < -0.3 is 25.2 Å². The molecule has 2 aliphatic heterocycles. The molecule has 1 aromatic carbocycles. The van der Waals surface area contributed by atoms with Crippen molar-refractivity contribution in [3.05, 3.63) is 46.9 Å². The van der Waals surface area contributed by atoms with Crippen LogP contribution in [0, 0.1) is 5.41 Å². The molecule has 3 N–H and O–H groups in total. The van der Waals surface area contributed by atoms with Crippen LogP contribution in [0.4, 0.5) is 11.5 Å². The molecule has 12 heteroatoms. The quantitative estimate of drug-likeness (QED) is 0.500. The lowest BCUT2D eigenvalue weighted by molar-refractivity contribution is 0.0102. The van der Waals surface area contributed by atoms with Gasteiger partial charge in [-0.25, -0.2) is 8.42 Å². The molecule has 0 amide bonds. The maximum Gasteiger partial charge on any atom is 0.261 e. The van der Waals surface area contributed by atoms with E-state index in [1.54, 1.807) is 29.1 Å². The van der Waals surface area contributed by atoms with Crippen molar-refractivity contribution in [2.75, 3.05) is 38.2 Å². The Morgan fingerprint density at radius 3 is 2.74 bits per heavy atom. The van der Waals surface area contributed by atoms with Gasteiger partial charge in [-0.3, -0.25) is 9.48 Å². The lowest BCUT2D eigenvalue weighted by atomic mass is 10.1. The number of nitrogens with one attached hydrogen (secondary N) is 3. The Bertz CT molecular complexity index is 1380. The highest BCUT2D eigenvalue weighted by molar-refractivity contribution is 7.89. The van der Waals surface area contributed by atoms with Crippen molar-refractivity contribution in [3.8, 4) is 0 Å². The van der Waals surface area contributed by atoms with Gasteiger partial charge in [0.15, 0.2) is 5.82 Å². The van der Waals surface area contributed by atoms with Gasteiger partial charge in [-0.15, -0.1) is 0 Å². The third-order valence-corrected chi connectivity index (χ3v) is 7.96. The Morgan fingerprint density at radius 1 is 1.21 bits per heavy atom. The van der Waals surface area contributed by atoms with Gasteiger partial charge in [-0.1, -0.05) is 0 Å². The van der Waals surface area contributed by atoms with Gasteiger partial charge in [-0.05, 0) is 37.3 Å². The van der Waals surface area contributed by atoms with Gasteiger partial charge in [-0.2, -0.15) is 9.40 Å². The molecule has 34 heavy (non-hydrogen) atoms. The third kappa shape index (κ3) is 4.13. The summed E-state index contributed by atoms with van der Waals surface area (Å²) < 4.78 is 40.0. The van der Waals surface area contributed by atoms with Crippen molar-refractivity contribution < 1.29 is 17.9 Å². The SMILES string of the molecule is CC1CN(S(=O)(=O)c2ccc(Nc3nn([C@H]4COCCC4=N)c4cc[nH]c(=O)c34)cc2)CCO1. The van der Waals surface area contributed by atoms with E-state index >= 15 is 0 Å². The normalized spacial score (nSPS) is 22.2. The monoisotopic (exact) mass is 486 g/mol. The Morgan fingerprint density at radius 2 is 2.00 bits per heavy atom. The number of benzene rings is 1. The standard InChI is InChI=1S/C22H26N6O5S/c1-14-12-27(9-11-33-14)34(30,31)16-4-2-15(3-5-16)25-21-20-18(6-8-24-22(20)29)28(26-21)19-13-32-10-7-17(19)23/h2-6,8,14,19,23H,7,9-13H2,1H3,(H,24,29)(H,25,26)/t14?,19-/m0/s1. The van der Waals surface area contributed by atoms with Crippen LogP contribution in [-0.4, -0.2) is 72.2 Å². The van der Waals surface area contributed by atoms with E-state index in [4.69, 9.17) is 14.9 Å². The zero-order valence-corrected chi connectivity index (χ0v) is 19.5. The maximum atomic E-state index is 13.0. The number of aromatic amines is 1. The van der Waals surface area contributed by atoms with Crippen LogP contribution in [0.3, 0.4) is 0 Å². The topological polar surface area (TPSA) is 142 Å². The minimum atomic E-state index is -3.63.